The lowest BCUT2D eigenvalue weighted by atomic mass is 10.1. The summed E-state index contributed by atoms with van der Waals surface area (Å²) in [6, 6.07) is 10.0. The summed E-state index contributed by atoms with van der Waals surface area (Å²) in [5.41, 5.74) is 3.66. The van der Waals surface area contributed by atoms with Crippen LogP contribution in [0.1, 0.15) is 25.6 Å². The van der Waals surface area contributed by atoms with Crippen LogP contribution in [0.4, 0.5) is 0 Å². The number of carbonyl (C=O) groups excluding carboxylic acids is 3. The van der Waals surface area contributed by atoms with Crippen molar-refractivity contribution in [3.05, 3.63) is 62.7 Å². The van der Waals surface area contributed by atoms with Gasteiger partial charge < -0.3 is 4.74 Å². The van der Waals surface area contributed by atoms with Crippen LogP contribution in [0, 0.1) is 0 Å². The Morgan fingerprint density at radius 3 is 2.58 bits per heavy atom. The topological polar surface area (TPSA) is 75.7 Å². The third-order valence-corrected chi connectivity index (χ3v) is 5.55. The number of thiocarbonyl (C=S) groups is 1. The molecule has 0 atom stereocenters. The molecule has 1 aromatic heterocycles. The van der Waals surface area contributed by atoms with E-state index in [0.717, 1.165) is 22.3 Å². The van der Waals surface area contributed by atoms with E-state index in [4.69, 9.17) is 12.2 Å². The quantitative estimate of drug-likeness (QED) is 0.480. The molecule has 1 aliphatic heterocycles. The fourth-order valence-corrected chi connectivity index (χ4v) is 3.91. The molecule has 1 aliphatic rings. The Kier molecular flexibility index (Phi) is 5.50. The lowest BCUT2D eigenvalue weighted by Gasteiger charge is -2.14. The van der Waals surface area contributed by atoms with Gasteiger partial charge in [-0.1, -0.05) is 30.0 Å². The van der Waals surface area contributed by atoms with Crippen molar-refractivity contribution in [3.8, 4) is 0 Å². The Labute approximate surface area is 162 Å². The van der Waals surface area contributed by atoms with E-state index >= 15 is 0 Å². The number of benzene rings is 1. The van der Waals surface area contributed by atoms with E-state index in [2.05, 4.69) is 10.2 Å². The Bertz CT molecular complexity index is 905. The van der Waals surface area contributed by atoms with Crippen LogP contribution in [0.25, 0.3) is 6.08 Å². The number of hydrazine groups is 1. The van der Waals surface area contributed by atoms with Gasteiger partial charge in [0.15, 0.2) is 4.32 Å². The predicted molar refractivity (Wildman–Crippen MR) is 105 cm³/mol. The van der Waals surface area contributed by atoms with Crippen molar-refractivity contribution in [3.63, 3.8) is 0 Å². The number of amides is 2. The molecule has 9 heteroatoms. The van der Waals surface area contributed by atoms with E-state index < -0.39 is 11.9 Å². The van der Waals surface area contributed by atoms with Crippen LogP contribution in [-0.2, 0) is 9.53 Å². The van der Waals surface area contributed by atoms with Crippen molar-refractivity contribution in [2.75, 3.05) is 7.11 Å². The maximum Gasteiger partial charge on any atom is 0.337 e. The molecule has 3 rings (SSSR count). The average Bonchev–Trinajstić information content (AvgIpc) is 3.27. The number of nitrogens with zero attached hydrogens (tertiary/aromatic N) is 1. The van der Waals surface area contributed by atoms with Gasteiger partial charge in [-0.2, -0.15) is 5.01 Å². The molecular weight excluding hydrogens is 392 g/mol. The third-order valence-electron chi connectivity index (χ3n) is 3.38. The molecule has 0 unspecified atom stereocenters. The lowest BCUT2D eigenvalue weighted by molar-refractivity contribution is -0.123. The van der Waals surface area contributed by atoms with E-state index in [1.165, 1.54) is 18.4 Å². The zero-order chi connectivity index (χ0) is 18.7. The van der Waals surface area contributed by atoms with Gasteiger partial charge in [-0.25, -0.2) is 4.79 Å². The number of thiophene rings is 1. The second kappa shape index (κ2) is 7.81. The Balaban J connectivity index is 1.74. The Hall–Kier alpha value is -2.49. The highest BCUT2D eigenvalue weighted by Gasteiger charge is 2.33. The molecule has 0 bridgehead atoms. The van der Waals surface area contributed by atoms with E-state index in [9.17, 15) is 14.4 Å². The molecule has 0 spiro atoms. The molecule has 2 aromatic rings. The molecule has 1 saturated heterocycles. The van der Waals surface area contributed by atoms with Gasteiger partial charge in [0.25, 0.3) is 11.8 Å². The molecule has 26 heavy (non-hydrogen) atoms. The molecule has 132 valence electrons. The molecule has 1 fully saturated rings. The summed E-state index contributed by atoms with van der Waals surface area (Å²) in [5.74, 6) is -1.22. The van der Waals surface area contributed by atoms with Crippen molar-refractivity contribution >= 4 is 63.5 Å². The smallest absolute Gasteiger partial charge is 0.337 e. The first-order chi connectivity index (χ1) is 12.5. The van der Waals surface area contributed by atoms with Gasteiger partial charge in [-0.3, -0.25) is 15.0 Å². The Morgan fingerprint density at radius 1 is 1.23 bits per heavy atom. The van der Waals surface area contributed by atoms with Crippen molar-refractivity contribution < 1.29 is 19.1 Å². The van der Waals surface area contributed by atoms with Crippen molar-refractivity contribution in [2.24, 2.45) is 0 Å². The number of hydrogen-bond acceptors (Lipinski definition) is 7. The summed E-state index contributed by atoms with van der Waals surface area (Å²) in [4.78, 5) is 36.9. The monoisotopic (exact) mass is 404 g/mol. The Morgan fingerprint density at radius 2 is 1.96 bits per heavy atom. The maximum atomic E-state index is 12.5. The van der Waals surface area contributed by atoms with Gasteiger partial charge in [0.05, 0.1) is 22.5 Å². The van der Waals surface area contributed by atoms with Gasteiger partial charge in [-0.05, 0) is 47.4 Å². The third kappa shape index (κ3) is 3.85. The first-order valence-corrected chi connectivity index (χ1v) is 9.41. The second-order valence-electron chi connectivity index (χ2n) is 5.05. The van der Waals surface area contributed by atoms with Crippen LogP contribution >= 0.6 is 35.3 Å². The molecule has 6 nitrogen and oxygen atoms in total. The molecular formula is C17H12N2O4S3. The fraction of sp³-hybridized carbons (Fsp3) is 0.0588. The summed E-state index contributed by atoms with van der Waals surface area (Å²) >= 11 is 7.55. The van der Waals surface area contributed by atoms with E-state index in [1.54, 1.807) is 47.9 Å². The molecule has 1 aromatic carbocycles. The first kappa shape index (κ1) is 18.3. The van der Waals surface area contributed by atoms with Crippen LogP contribution in [-0.4, -0.2) is 34.2 Å². The van der Waals surface area contributed by atoms with Crippen molar-refractivity contribution in [1.82, 2.24) is 10.4 Å². The molecule has 2 heterocycles. The number of rotatable bonds is 4. The number of nitrogens with one attached hydrogen (secondary N) is 1. The predicted octanol–water partition coefficient (Wildman–Crippen LogP) is 3.08. The maximum absolute atomic E-state index is 12.5. The lowest BCUT2D eigenvalue weighted by Crippen LogP contribution is -2.44. The van der Waals surface area contributed by atoms with Gasteiger partial charge in [0.1, 0.15) is 0 Å². The summed E-state index contributed by atoms with van der Waals surface area (Å²) in [7, 11) is 1.31. The number of esters is 1. The van der Waals surface area contributed by atoms with Crippen LogP contribution in [0.5, 0.6) is 0 Å². The highest BCUT2D eigenvalue weighted by Crippen LogP contribution is 2.31. The first-order valence-electron chi connectivity index (χ1n) is 7.30. The standard InChI is InChI=1S/C17H12N2O4S3/c1-23-16(22)11-6-4-10(5-7-11)9-13-15(21)19(17(24)26-13)18-14(20)12-3-2-8-25-12/h2-9H,1H3,(H,18,20)/b13-9+. The summed E-state index contributed by atoms with van der Waals surface area (Å²) < 4.78 is 4.89. The minimum absolute atomic E-state index is 0.248. The highest BCUT2D eigenvalue weighted by atomic mass is 32.2. The van der Waals surface area contributed by atoms with E-state index in [1.807, 2.05) is 0 Å². The molecule has 2 amide bonds. The van der Waals surface area contributed by atoms with Gasteiger partial charge in [0.2, 0.25) is 0 Å². The highest BCUT2D eigenvalue weighted by molar-refractivity contribution is 8.26. The summed E-state index contributed by atoms with van der Waals surface area (Å²) in [6.45, 7) is 0. The van der Waals surface area contributed by atoms with Crippen LogP contribution in [0.3, 0.4) is 0 Å². The SMILES string of the molecule is COC(=O)c1ccc(/C=C2/SC(=S)N(NC(=O)c3cccs3)C2=O)cc1. The minimum atomic E-state index is -0.431. The number of carbonyl (C=O) groups is 3. The number of methoxy groups -OCH3 is 1. The van der Waals surface area contributed by atoms with E-state index in [-0.39, 0.29) is 10.2 Å². The number of ether oxygens (including phenoxy) is 1. The van der Waals surface area contributed by atoms with Crippen LogP contribution < -0.4 is 5.43 Å². The van der Waals surface area contributed by atoms with E-state index in [0.29, 0.717) is 15.3 Å². The zero-order valence-electron chi connectivity index (χ0n) is 13.4. The van der Waals surface area contributed by atoms with Crippen LogP contribution in [0.15, 0.2) is 46.7 Å². The summed E-state index contributed by atoms with van der Waals surface area (Å²) in [5, 5.41) is 2.84. The van der Waals surface area contributed by atoms with Gasteiger partial charge in [0, 0.05) is 0 Å². The molecule has 1 N–H and O–H groups in total. The normalized spacial score (nSPS) is 15.4. The molecule has 0 saturated carbocycles. The van der Waals surface area contributed by atoms with Gasteiger partial charge in [-0.15, -0.1) is 11.3 Å². The second-order valence-corrected chi connectivity index (χ2v) is 7.67. The number of hydrogen-bond donors (Lipinski definition) is 1. The zero-order valence-corrected chi connectivity index (χ0v) is 15.9. The molecule has 0 radical (unpaired) electrons. The largest absolute Gasteiger partial charge is 0.465 e. The average molecular weight is 404 g/mol. The van der Waals surface area contributed by atoms with Crippen molar-refractivity contribution in [1.29, 1.82) is 0 Å². The van der Waals surface area contributed by atoms with Crippen molar-refractivity contribution in [2.45, 2.75) is 0 Å². The van der Waals surface area contributed by atoms with Crippen LogP contribution in [0.2, 0.25) is 0 Å². The van der Waals surface area contributed by atoms with Gasteiger partial charge >= 0.3 is 5.97 Å². The molecule has 0 aliphatic carbocycles. The minimum Gasteiger partial charge on any atom is -0.465 e. The summed E-state index contributed by atoms with van der Waals surface area (Å²) in [6.07, 6.45) is 1.65. The fourth-order valence-electron chi connectivity index (χ4n) is 2.11. The number of thioether (sulfide) groups is 1.